The van der Waals surface area contributed by atoms with Crippen molar-refractivity contribution in [1.29, 1.82) is 0 Å². The van der Waals surface area contributed by atoms with Crippen molar-refractivity contribution in [3.63, 3.8) is 0 Å². The van der Waals surface area contributed by atoms with Crippen LogP contribution in [0, 0.1) is 24.5 Å². The maximum atomic E-state index is 14.8. The van der Waals surface area contributed by atoms with Gasteiger partial charge in [0.15, 0.2) is 0 Å². The van der Waals surface area contributed by atoms with E-state index in [1.54, 1.807) is 11.8 Å². The first-order valence-electron chi connectivity index (χ1n) is 9.93. The summed E-state index contributed by atoms with van der Waals surface area (Å²) in [6.45, 7) is 7.36. The van der Waals surface area contributed by atoms with Crippen molar-refractivity contribution < 1.29 is 23.0 Å². The van der Waals surface area contributed by atoms with Crippen molar-refractivity contribution >= 4 is 23.0 Å². The van der Waals surface area contributed by atoms with Gasteiger partial charge in [-0.1, -0.05) is 0 Å². The molecule has 0 N–H and O–H groups in total. The van der Waals surface area contributed by atoms with Gasteiger partial charge in [0.2, 0.25) is 5.88 Å². The maximum absolute atomic E-state index is 14.8. The Balaban J connectivity index is 1.72. The molecule has 29 heavy (non-hydrogen) atoms. The van der Waals surface area contributed by atoms with Gasteiger partial charge in [0.05, 0.1) is 18.1 Å². The second-order valence-electron chi connectivity index (χ2n) is 7.04. The summed E-state index contributed by atoms with van der Waals surface area (Å²) in [5, 5.41) is 0.531. The molecule has 0 radical (unpaired) electrons. The topological polar surface area (TPSA) is 51.7 Å². The predicted molar refractivity (Wildman–Crippen MR) is 110 cm³/mol. The Morgan fingerprint density at radius 1 is 1.21 bits per heavy atom. The number of benzene rings is 1. The van der Waals surface area contributed by atoms with Gasteiger partial charge in [-0.15, -0.1) is 11.3 Å². The molecule has 0 spiro atoms. The molecular weight excluding hydrogens is 398 g/mol. The van der Waals surface area contributed by atoms with E-state index in [1.807, 2.05) is 13.8 Å². The Morgan fingerprint density at radius 3 is 2.45 bits per heavy atom. The van der Waals surface area contributed by atoms with Crippen LogP contribution >= 0.6 is 11.3 Å². The highest BCUT2D eigenvalue weighted by Gasteiger charge is 2.26. The molecule has 0 amide bonds. The lowest BCUT2D eigenvalue weighted by Gasteiger charge is -2.33. The summed E-state index contributed by atoms with van der Waals surface area (Å²) in [6, 6.07) is 2.66. The number of rotatable bonds is 7. The van der Waals surface area contributed by atoms with E-state index in [4.69, 9.17) is 9.47 Å². The lowest BCUT2D eigenvalue weighted by atomic mass is 9.93. The highest BCUT2D eigenvalue weighted by Crippen LogP contribution is 2.36. The number of nitrogens with zero attached hydrogens (tertiary/aromatic N) is 2. The summed E-state index contributed by atoms with van der Waals surface area (Å²) in [4.78, 5) is 18.6. The van der Waals surface area contributed by atoms with Crippen molar-refractivity contribution in [2.45, 2.75) is 40.0 Å². The standard InChI is InChI=1S/C21H26F2N2O3S/c1-4-27-18(26)10-14-6-8-25(9-7-14)19-16(22)11-15(12-17(19)23)21-24-20(28-5-2)13(3)29-21/h11-12,14H,4-10H2,1-3H3. The lowest BCUT2D eigenvalue weighted by Crippen LogP contribution is -2.35. The van der Waals surface area contributed by atoms with Crippen LogP contribution in [-0.4, -0.2) is 37.3 Å². The number of esters is 1. The Hall–Kier alpha value is -2.22. The van der Waals surface area contributed by atoms with Crippen LogP contribution in [0.3, 0.4) is 0 Å². The Labute approximate surface area is 173 Å². The average molecular weight is 425 g/mol. The van der Waals surface area contributed by atoms with Crippen LogP contribution in [0.2, 0.25) is 0 Å². The molecule has 5 nitrogen and oxygen atoms in total. The highest BCUT2D eigenvalue weighted by molar-refractivity contribution is 7.15. The van der Waals surface area contributed by atoms with Crippen LogP contribution in [0.15, 0.2) is 12.1 Å². The minimum absolute atomic E-state index is 0.0124. The fourth-order valence-electron chi connectivity index (χ4n) is 3.58. The number of aryl methyl sites for hydroxylation is 1. The Kier molecular flexibility index (Phi) is 7.05. The SMILES string of the molecule is CCOC(=O)CC1CCN(c2c(F)cc(-c3nc(OCC)c(C)s3)cc2F)CC1. The molecule has 1 aliphatic rings. The number of hydrogen-bond donors (Lipinski definition) is 0. The van der Waals surface area contributed by atoms with E-state index in [1.165, 1.54) is 23.5 Å². The number of piperidine rings is 1. The zero-order chi connectivity index (χ0) is 21.0. The summed E-state index contributed by atoms with van der Waals surface area (Å²) in [5.74, 6) is -0.728. The number of aromatic nitrogens is 1. The predicted octanol–water partition coefficient (Wildman–Crippen LogP) is 4.97. The summed E-state index contributed by atoms with van der Waals surface area (Å²) < 4.78 is 40.1. The Morgan fingerprint density at radius 2 is 1.86 bits per heavy atom. The second-order valence-corrected chi connectivity index (χ2v) is 8.24. The van der Waals surface area contributed by atoms with Crippen molar-refractivity contribution in [1.82, 2.24) is 4.98 Å². The zero-order valence-corrected chi connectivity index (χ0v) is 17.8. The fourth-order valence-corrected chi connectivity index (χ4v) is 4.43. The first-order chi connectivity index (χ1) is 13.9. The van der Waals surface area contributed by atoms with Gasteiger partial charge in [-0.3, -0.25) is 4.79 Å². The Bertz CT molecular complexity index is 841. The molecule has 8 heteroatoms. The molecule has 2 aromatic rings. The van der Waals surface area contributed by atoms with Crippen LogP contribution in [0.4, 0.5) is 14.5 Å². The van der Waals surface area contributed by atoms with Crippen molar-refractivity contribution in [3.8, 4) is 16.5 Å². The quantitative estimate of drug-likeness (QED) is 0.588. The van der Waals surface area contributed by atoms with E-state index >= 15 is 0 Å². The first-order valence-corrected chi connectivity index (χ1v) is 10.7. The molecule has 158 valence electrons. The molecule has 1 saturated heterocycles. The second kappa shape index (κ2) is 9.52. The van der Waals surface area contributed by atoms with Gasteiger partial charge in [-0.05, 0) is 51.7 Å². The van der Waals surface area contributed by atoms with E-state index in [-0.39, 0.29) is 17.6 Å². The van der Waals surface area contributed by atoms with Gasteiger partial charge in [0.25, 0.3) is 0 Å². The molecular formula is C21H26F2N2O3S. The van der Waals surface area contributed by atoms with Gasteiger partial charge in [-0.2, -0.15) is 0 Å². The third-order valence-corrected chi connectivity index (χ3v) is 5.99. The van der Waals surface area contributed by atoms with Gasteiger partial charge in [0.1, 0.15) is 22.3 Å². The van der Waals surface area contributed by atoms with Crippen LogP contribution in [0.25, 0.3) is 10.6 Å². The molecule has 1 aromatic heterocycles. The largest absolute Gasteiger partial charge is 0.477 e. The minimum atomic E-state index is -0.602. The number of carbonyl (C=O) groups is 1. The highest BCUT2D eigenvalue weighted by atomic mass is 32.1. The van der Waals surface area contributed by atoms with Crippen LogP contribution in [-0.2, 0) is 9.53 Å². The van der Waals surface area contributed by atoms with E-state index in [2.05, 4.69) is 4.98 Å². The summed E-state index contributed by atoms with van der Waals surface area (Å²) in [5.41, 5.74) is 0.390. The molecule has 0 saturated carbocycles. The fraction of sp³-hybridized carbons (Fsp3) is 0.524. The number of ether oxygens (including phenoxy) is 2. The van der Waals surface area contributed by atoms with E-state index in [0.29, 0.717) is 62.0 Å². The number of carbonyl (C=O) groups excluding carboxylic acids is 1. The molecule has 0 aliphatic carbocycles. The maximum Gasteiger partial charge on any atom is 0.306 e. The third-order valence-electron chi connectivity index (χ3n) is 4.99. The smallest absolute Gasteiger partial charge is 0.306 e. The van der Waals surface area contributed by atoms with Crippen LogP contribution in [0.5, 0.6) is 5.88 Å². The molecule has 2 heterocycles. The van der Waals surface area contributed by atoms with Gasteiger partial charge < -0.3 is 14.4 Å². The molecule has 1 aliphatic heterocycles. The molecule has 1 aromatic carbocycles. The first kappa shape index (κ1) is 21.5. The van der Waals surface area contributed by atoms with Gasteiger partial charge in [-0.25, -0.2) is 13.8 Å². The number of thiazole rings is 1. The molecule has 3 rings (SSSR count). The monoisotopic (exact) mass is 424 g/mol. The molecule has 0 unspecified atom stereocenters. The summed E-state index contributed by atoms with van der Waals surface area (Å²) in [6.07, 6.45) is 1.75. The van der Waals surface area contributed by atoms with Gasteiger partial charge in [0, 0.05) is 25.1 Å². The average Bonchev–Trinajstić information content (AvgIpc) is 3.04. The molecule has 1 fully saturated rings. The lowest BCUT2D eigenvalue weighted by molar-refractivity contribution is -0.144. The molecule has 0 atom stereocenters. The normalized spacial score (nSPS) is 14.9. The van der Waals surface area contributed by atoms with Crippen molar-refractivity contribution in [3.05, 3.63) is 28.6 Å². The van der Waals surface area contributed by atoms with Crippen LogP contribution < -0.4 is 9.64 Å². The molecule has 0 bridgehead atoms. The number of halogens is 2. The van der Waals surface area contributed by atoms with E-state index < -0.39 is 11.6 Å². The third kappa shape index (κ3) is 5.04. The van der Waals surface area contributed by atoms with E-state index in [9.17, 15) is 13.6 Å². The van der Waals surface area contributed by atoms with Gasteiger partial charge >= 0.3 is 5.97 Å². The summed E-state index contributed by atoms with van der Waals surface area (Å²) in [7, 11) is 0. The number of anilines is 1. The van der Waals surface area contributed by atoms with Crippen molar-refractivity contribution in [2.75, 3.05) is 31.2 Å². The summed E-state index contributed by atoms with van der Waals surface area (Å²) >= 11 is 1.35. The van der Waals surface area contributed by atoms with Crippen LogP contribution in [0.1, 0.15) is 38.0 Å². The van der Waals surface area contributed by atoms with Crippen molar-refractivity contribution in [2.24, 2.45) is 5.92 Å². The zero-order valence-electron chi connectivity index (χ0n) is 17.0. The number of hydrogen-bond acceptors (Lipinski definition) is 6. The van der Waals surface area contributed by atoms with E-state index in [0.717, 1.165) is 4.88 Å². The minimum Gasteiger partial charge on any atom is -0.477 e.